The number of benzene rings is 1. The van der Waals surface area contributed by atoms with Gasteiger partial charge in [-0.25, -0.2) is 0 Å². The Hall–Kier alpha value is -1.83. The normalized spacial score (nSPS) is 16.7. The van der Waals surface area contributed by atoms with Crippen LogP contribution in [0.25, 0.3) is 11.3 Å². The first kappa shape index (κ1) is 15.1. The van der Waals surface area contributed by atoms with Gasteiger partial charge in [0, 0.05) is 5.56 Å². The summed E-state index contributed by atoms with van der Waals surface area (Å²) in [6, 6.07) is 10.8. The zero-order chi connectivity index (χ0) is 15.4. The van der Waals surface area contributed by atoms with Gasteiger partial charge < -0.3 is 5.73 Å². The minimum atomic E-state index is 0.719. The second kappa shape index (κ2) is 6.95. The first-order valence-corrected chi connectivity index (χ1v) is 8.60. The summed E-state index contributed by atoms with van der Waals surface area (Å²) in [4.78, 5) is 4.44. The van der Waals surface area contributed by atoms with Crippen LogP contribution < -0.4 is 5.73 Å². The molecule has 0 saturated carbocycles. The fourth-order valence-electron chi connectivity index (χ4n) is 3.51. The van der Waals surface area contributed by atoms with Crippen molar-refractivity contribution in [3.8, 4) is 11.3 Å². The highest BCUT2D eigenvalue weighted by Crippen LogP contribution is 2.33. The third kappa shape index (κ3) is 3.49. The van der Waals surface area contributed by atoms with Gasteiger partial charge in [-0.1, -0.05) is 44.7 Å². The van der Waals surface area contributed by atoms with Crippen LogP contribution in [0.5, 0.6) is 0 Å². The predicted molar refractivity (Wildman–Crippen MR) is 93.7 cm³/mol. The summed E-state index contributed by atoms with van der Waals surface area (Å²) in [6.45, 7) is 2.28. The van der Waals surface area contributed by atoms with E-state index >= 15 is 0 Å². The van der Waals surface area contributed by atoms with E-state index in [2.05, 4.69) is 30.1 Å². The Labute approximate surface area is 133 Å². The molecule has 0 aliphatic heterocycles. The largest absolute Gasteiger partial charge is 0.397 e. The number of fused-ring (bicyclic) bond motifs is 1. The molecule has 1 heterocycles. The fraction of sp³-hybridized carbons (Fsp3) is 0.450. The monoisotopic (exact) mass is 294 g/mol. The van der Waals surface area contributed by atoms with Gasteiger partial charge in [-0.15, -0.1) is 0 Å². The fourth-order valence-corrected chi connectivity index (χ4v) is 3.51. The molecule has 1 aromatic heterocycles. The smallest absolute Gasteiger partial charge is 0.0703 e. The van der Waals surface area contributed by atoms with Crippen LogP contribution in [0.3, 0.4) is 0 Å². The summed E-state index contributed by atoms with van der Waals surface area (Å²) in [7, 11) is 0. The minimum absolute atomic E-state index is 0.719. The lowest BCUT2D eigenvalue weighted by molar-refractivity contribution is 0.475. The second-order valence-electron chi connectivity index (χ2n) is 6.58. The molecule has 0 amide bonds. The standard InChI is InChI=1S/C20H26N2/c1-2-3-4-5-6-15-11-16-7-8-17(13-18(16)12-15)20-10-9-19(21)14-22-20/h7-10,13-15H,2-6,11-12,21H2,1H3. The van der Waals surface area contributed by atoms with Crippen LogP contribution in [0, 0.1) is 5.92 Å². The number of anilines is 1. The molecule has 1 aliphatic carbocycles. The summed E-state index contributed by atoms with van der Waals surface area (Å²) < 4.78 is 0. The van der Waals surface area contributed by atoms with Gasteiger partial charge in [-0.3, -0.25) is 4.98 Å². The summed E-state index contributed by atoms with van der Waals surface area (Å²) in [5, 5.41) is 0. The van der Waals surface area contributed by atoms with Crippen molar-refractivity contribution in [3.63, 3.8) is 0 Å². The van der Waals surface area contributed by atoms with Crippen molar-refractivity contribution in [2.75, 3.05) is 5.73 Å². The van der Waals surface area contributed by atoms with E-state index in [4.69, 9.17) is 5.73 Å². The molecule has 0 bridgehead atoms. The van der Waals surface area contributed by atoms with Crippen LogP contribution >= 0.6 is 0 Å². The first-order chi connectivity index (χ1) is 10.8. The average Bonchev–Trinajstić information content (AvgIpc) is 2.94. The molecule has 22 heavy (non-hydrogen) atoms. The highest BCUT2D eigenvalue weighted by Gasteiger charge is 2.21. The molecule has 2 aromatic rings. The maximum absolute atomic E-state index is 5.72. The van der Waals surface area contributed by atoms with E-state index in [1.165, 1.54) is 56.1 Å². The van der Waals surface area contributed by atoms with E-state index in [-0.39, 0.29) is 0 Å². The molecular weight excluding hydrogens is 268 g/mol. The number of nitrogens with two attached hydrogens (primary N) is 1. The molecule has 2 N–H and O–H groups in total. The lowest BCUT2D eigenvalue weighted by atomic mass is 9.98. The summed E-state index contributed by atoms with van der Waals surface area (Å²) in [5.74, 6) is 0.849. The topological polar surface area (TPSA) is 38.9 Å². The van der Waals surface area contributed by atoms with Crippen molar-refractivity contribution >= 4 is 5.69 Å². The SMILES string of the molecule is CCCCCCC1Cc2ccc(-c3ccc(N)cn3)cc2C1. The van der Waals surface area contributed by atoms with Crippen LogP contribution in [-0.2, 0) is 12.8 Å². The van der Waals surface area contributed by atoms with Crippen molar-refractivity contribution < 1.29 is 0 Å². The molecule has 0 fully saturated rings. The number of hydrogen-bond donors (Lipinski definition) is 1. The second-order valence-corrected chi connectivity index (χ2v) is 6.58. The van der Waals surface area contributed by atoms with E-state index in [1.54, 1.807) is 11.8 Å². The predicted octanol–water partition coefficient (Wildman–Crippen LogP) is 5.02. The zero-order valence-electron chi connectivity index (χ0n) is 13.5. The van der Waals surface area contributed by atoms with Crippen LogP contribution in [0.4, 0.5) is 5.69 Å². The molecule has 1 aromatic carbocycles. The number of rotatable bonds is 6. The van der Waals surface area contributed by atoms with Gasteiger partial charge in [0.05, 0.1) is 17.6 Å². The molecule has 116 valence electrons. The summed E-state index contributed by atoms with van der Waals surface area (Å²) in [5.41, 5.74) is 11.7. The summed E-state index contributed by atoms with van der Waals surface area (Å²) in [6.07, 6.45) is 11.1. The molecule has 2 heteroatoms. The molecule has 1 unspecified atom stereocenters. The van der Waals surface area contributed by atoms with E-state index in [1.807, 2.05) is 12.1 Å². The number of nitrogen functional groups attached to an aromatic ring is 1. The van der Waals surface area contributed by atoms with E-state index < -0.39 is 0 Å². The van der Waals surface area contributed by atoms with E-state index in [0.717, 1.165) is 17.3 Å². The zero-order valence-corrected chi connectivity index (χ0v) is 13.5. The van der Waals surface area contributed by atoms with Crippen LogP contribution in [0.1, 0.15) is 50.2 Å². The molecule has 1 atom stereocenters. The van der Waals surface area contributed by atoms with Gasteiger partial charge in [-0.05, 0) is 54.5 Å². The van der Waals surface area contributed by atoms with E-state index in [9.17, 15) is 0 Å². The molecule has 1 aliphatic rings. The molecule has 2 nitrogen and oxygen atoms in total. The lowest BCUT2D eigenvalue weighted by Gasteiger charge is -2.07. The van der Waals surface area contributed by atoms with Crippen molar-refractivity contribution in [3.05, 3.63) is 47.7 Å². The quantitative estimate of drug-likeness (QED) is 0.760. The van der Waals surface area contributed by atoms with Crippen LogP contribution in [0.2, 0.25) is 0 Å². The Balaban J connectivity index is 1.65. The van der Waals surface area contributed by atoms with Crippen molar-refractivity contribution in [1.29, 1.82) is 0 Å². The molecule has 0 spiro atoms. The molecule has 0 saturated heterocycles. The Morgan fingerprint density at radius 2 is 1.91 bits per heavy atom. The Morgan fingerprint density at radius 3 is 2.68 bits per heavy atom. The van der Waals surface area contributed by atoms with Gasteiger partial charge in [0.2, 0.25) is 0 Å². The maximum atomic E-state index is 5.72. The Morgan fingerprint density at radius 1 is 1.05 bits per heavy atom. The Bertz CT molecular complexity index is 616. The van der Waals surface area contributed by atoms with Gasteiger partial charge in [0.15, 0.2) is 0 Å². The lowest BCUT2D eigenvalue weighted by Crippen LogP contribution is -1.99. The highest BCUT2D eigenvalue weighted by molar-refractivity contribution is 5.62. The van der Waals surface area contributed by atoms with Gasteiger partial charge in [0.25, 0.3) is 0 Å². The number of unbranched alkanes of at least 4 members (excludes halogenated alkanes) is 3. The van der Waals surface area contributed by atoms with Crippen molar-refractivity contribution in [2.24, 2.45) is 5.92 Å². The first-order valence-electron chi connectivity index (χ1n) is 8.60. The third-order valence-corrected chi connectivity index (χ3v) is 4.77. The molecular formula is C20H26N2. The van der Waals surface area contributed by atoms with Crippen LogP contribution in [0.15, 0.2) is 36.5 Å². The average molecular weight is 294 g/mol. The number of hydrogen-bond acceptors (Lipinski definition) is 2. The van der Waals surface area contributed by atoms with Gasteiger partial charge in [0.1, 0.15) is 0 Å². The third-order valence-electron chi connectivity index (χ3n) is 4.77. The molecule has 3 rings (SSSR count). The van der Waals surface area contributed by atoms with Crippen molar-refractivity contribution in [2.45, 2.75) is 51.9 Å². The number of nitrogens with zero attached hydrogens (tertiary/aromatic N) is 1. The Kier molecular flexibility index (Phi) is 4.77. The van der Waals surface area contributed by atoms with Crippen LogP contribution in [-0.4, -0.2) is 4.98 Å². The minimum Gasteiger partial charge on any atom is -0.397 e. The summed E-state index contributed by atoms with van der Waals surface area (Å²) >= 11 is 0. The van der Waals surface area contributed by atoms with Gasteiger partial charge >= 0.3 is 0 Å². The highest BCUT2D eigenvalue weighted by atomic mass is 14.7. The van der Waals surface area contributed by atoms with Crippen molar-refractivity contribution in [1.82, 2.24) is 4.98 Å². The maximum Gasteiger partial charge on any atom is 0.0703 e. The van der Waals surface area contributed by atoms with Gasteiger partial charge in [-0.2, -0.15) is 0 Å². The number of pyridine rings is 1. The van der Waals surface area contributed by atoms with E-state index in [0.29, 0.717) is 0 Å². The number of aromatic nitrogens is 1. The molecule has 0 radical (unpaired) electrons.